The minimum atomic E-state index is -0.349. The van der Waals surface area contributed by atoms with Gasteiger partial charge in [0.15, 0.2) is 0 Å². The second kappa shape index (κ2) is 10.9. The van der Waals surface area contributed by atoms with E-state index in [4.69, 9.17) is 9.47 Å². The number of anilines is 1. The number of carbonyl (C=O) groups excluding carboxylic acids is 2. The molecule has 2 aromatic carbocycles. The molecule has 0 spiro atoms. The van der Waals surface area contributed by atoms with Gasteiger partial charge in [-0.15, -0.1) is 0 Å². The van der Waals surface area contributed by atoms with E-state index in [9.17, 15) is 9.59 Å². The molecule has 0 atom stereocenters. The van der Waals surface area contributed by atoms with E-state index >= 15 is 0 Å². The van der Waals surface area contributed by atoms with E-state index in [1.165, 1.54) is 10.5 Å². The predicted octanol–water partition coefficient (Wildman–Crippen LogP) is 5.39. The van der Waals surface area contributed by atoms with Gasteiger partial charge in [0, 0.05) is 5.69 Å². The Labute approximate surface area is 202 Å². The maximum atomic E-state index is 13.4. The van der Waals surface area contributed by atoms with Gasteiger partial charge < -0.3 is 14.8 Å². The topological polar surface area (TPSA) is 67.9 Å². The molecular weight excluding hydrogens is 428 g/mol. The maximum Gasteiger partial charge on any atom is 0.278 e. The monoisotopic (exact) mass is 464 g/mol. The lowest BCUT2D eigenvalue weighted by atomic mass is 9.87. The van der Waals surface area contributed by atoms with E-state index in [1.807, 2.05) is 69.3 Å². The zero-order valence-electron chi connectivity index (χ0n) is 21.1. The third-order valence-electron chi connectivity index (χ3n) is 5.57. The van der Waals surface area contributed by atoms with Crippen molar-refractivity contribution in [1.29, 1.82) is 0 Å². The van der Waals surface area contributed by atoms with Gasteiger partial charge in [-0.1, -0.05) is 52.0 Å². The van der Waals surface area contributed by atoms with Crippen LogP contribution in [0.15, 0.2) is 54.2 Å². The molecule has 0 saturated heterocycles. The third-order valence-corrected chi connectivity index (χ3v) is 5.57. The average Bonchev–Trinajstić information content (AvgIpc) is 3.02. The molecule has 0 bridgehead atoms. The molecule has 3 rings (SSSR count). The summed E-state index contributed by atoms with van der Waals surface area (Å²) in [5.74, 6) is 0.0596. The Morgan fingerprint density at radius 1 is 0.912 bits per heavy atom. The van der Waals surface area contributed by atoms with E-state index in [-0.39, 0.29) is 35.6 Å². The van der Waals surface area contributed by atoms with Crippen LogP contribution >= 0.6 is 0 Å². The average molecular weight is 465 g/mol. The van der Waals surface area contributed by atoms with E-state index in [0.29, 0.717) is 24.4 Å². The van der Waals surface area contributed by atoms with Gasteiger partial charge in [-0.3, -0.25) is 14.5 Å². The maximum absolute atomic E-state index is 13.4. The summed E-state index contributed by atoms with van der Waals surface area (Å²) in [5, 5.41) is 3.22. The number of imide groups is 1. The van der Waals surface area contributed by atoms with Crippen molar-refractivity contribution in [3.63, 3.8) is 0 Å². The summed E-state index contributed by atoms with van der Waals surface area (Å²) in [7, 11) is 0. The molecular formula is C28H36N2O4. The summed E-state index contributed by atoms with van der Waals surface area (Å²) in [6, 6.07) is 15.3. The Balaban J connectivity index is 1.92. The highest BCUT2D eigenvalue weighted by molar-refractivity contribution is 6.36. The smallest absolute Gasteiger partial charge is 0.278 e. The Morgan fingerprint density at radius 3 is 2.12 bits per heavy atom. The van der Waals surface area contributed by atoms with Crippen LogP contribution in [0, 0.1) is 0 Å². The van der Waals surface area contributed by atoms with Gasteiger partial charge in [0.1, 0.15) is 11.4 Å². The number of nitrogens with zero attached hydrogens (tertiary/aromatic N) is 1. The molecule has 1 aliphatic heterocycles. The van der Waals surface area contributed by atoms with Gasteiger partial charge >= 0.3 is 0 Å². The quantitative estimate of drug-likeness (QED) is 0.478. The first-order valence-corrected chi connectivity index (χ1v) is 11.9. The molecule has 34 heavy (non-hydrogen) atoms. The predicted molar refractivity (Wildman–Crippen MR) is 136 cm³/mol. The zero-order valence-corrected chi connectivity index (χ0v) is 21.1. The van der Waals surface area contributed by atoms with Crippen LogP contribution in [0.3, 0.4) is 0 Å². The number of carbonyl (C=O) groups is 2. The highest BCUT2D eigenvalue weighted by atomic mass is 16.5. The van der Waals surface area contributed by atoms with Crippen molar-refractivity contribution in [3.8, 4) is 5.75 Å². The zero-order chi connectivity index (χ0) is 24.9. The number of nitrogens with one attached hydrogen (secondary N) is 1. The lowest BCUT2D eigenvalue weighted by Gasteiger charge is -2.19. The number of benzene rings is 2. The minimum absolute atomic E-state index is 0.0230. The second-order valence-electron chi connectivity index (χ2n) is 9.76. The molecule has 0 radical (unpaired) electrons. The molecule has 0 aliphatic carbocycles. The largest absolute Gasteiger partial charge is 0.494 e. The Bertz CT molecular complexity index is 1030. The minimum Gasteiger partial charge on any atom is -0.494 e. The van der Waals surface area contributed by atoms with Gasteiger partial charge in [0.2, 0.25) is 0 Å². The molecule has 2 amide bonds. The molecule has 182 valence electrons. The van der Waals surface area contributed by atoms with E-state index < -0.39 is 0 Å². The SMILES string of the molecule is CCCOc1ccc(C2=C(Nc3ccc(C(C)(C)C)cc3)C(=O)N(CCOC(C)C)C2=O)cc1. The first-order valence-electron chi connectivity index (χ1n) is 11.9. The Morgan fingerprint density at radius 2 is 1.56 bits per heavy atom. The summed E-state index contributed by atoms with van der Waals surface area (Å²) in [6.07, 6.45) is 0.935. The van der Waals surface area contributed by atoms with Crippen LogP contribution in [-0.4, -0.2) is 42.6 Å². The molecule has 0 aromatic heterocycles. The summed E-state index contributed by atoms with van der Waals surface area (Å²) in [6.45, 7) is 13.5. The lowest BCUT2D eigenvalue weighted by molar-refractivity contribution is -0.137. The number of amides is 2. The molecule has 2 aromatic rings. The van der Waals surface area contributed by atoms with Crippen LogP contribution in [-0.2, 0) is 19.7 Å². The highest BCUT2D eigenvalue weighted by Crippen LogP contribution is 2.32. The molecule has 1 aliphatic rings. The van der Waals surface area contributed by atoms with Crippen LogP contribution in [0.5, 0.6) is 5.75 Å². The fourth-order valence-corrected chi connectivity index (χ4v) is 3.68. The van der Waals surface area contributed by atoms with E-state index in [2.05, 4.69) is 26.1 Å². The molecule has 6 heteroatoms. The van der Waals surface area contributed by atoms with Crippen molar-refractivity contribution in [2.24, 2.45) is 0 Å². The molecule has 1 N–H and O–H groups in total. The van der Waals surface area contributed by atoms with Crippen molar-refractivity contribution >= 4 is 23.1 Å². The van der Waals surface area contributed by atoms with Crippen LogP contribution in [0.1, 0.15) is 59.1 Å². The third kappa shape index (κ3) is 6.06. The summed E-state index contributed by atoms with van der Waals surface area (Å²) >= 11 is 0. The van der Waals surface area contributed by atoms with Crippen molar-refractivity contribution in [2.75, 3.05) is 25.1 Å². The number of hydrogen-bond donors (Lipinski definition) is 1. The Kier molecular flexibility index (Phi) is 8.15. The number of ether oxygens (including phenoxy) is 2. The molecule has 1 heterocycles. The van der Waals surface area contributed by atoms with Crippen molar-refractivity contribution in [2.45, 2.75) is 59.5 Å². The second-order valence-corrected chi connectivity index (χ2v) is 9.76. The van der Waals surface area contributed by atoms with Gasteiger partial charge in [-0.25, -0.2) is 0 Å². The van der Waals surface area contributed by atoms with E-state index in [1.54, 1.807) is 0 Å². The van der Waals surface area contributed by atoms with Crippen LogP contribution in [0.25, 0.3) is 5.57 Å². The summed E-state index contributed by atoms with van der Waals surface area (Å²) in [4.78, 5) is 27.9. The summed E-state index contributed by atoms with van der Waals surface area (Å²) in [5.41, 5.74) is 3.28. The van der Waals surface area contributed by atoms with E-state index in [0.717, 1.165) is 17.9 Å². The van der Waals surface area contributed by atoms with Crippen molar-refractivity contribution in [3.05, 3.63) is 65.4 Å². The first-order chi connectivity index (χ1) is 16.1. The Hall–Kier alpha value is -3.12. The molecule has 0 unspecified atom stereocenters. The molecule has 0 saturated carbocycles. The van der Waals surface area contributed by atoms with Gasteiger partial charge in [0.25, 0.3) is 11.8 Å². The van der Waals surface area contributed by atoms with Crippen LogP contribution < -0.4 is 10.1 Å². The van der Waals surface area contributed by atoms with Crippen LogP contribution in [0.2, 0.25) is 0 Å². The van der Waals surface area contributed by atoms with Crippen molar-refractivity contribution in [1.82, 2.24) is 4.90 Å². The fourth-order valence-electron chi connectivity index (χ4n) is 3.68. The van der Waals surface area contributed by atoms with Gasteiger partial charge in [-0.2, -0.15) is 0 Å². The summed E-state index contributed by atoms with van der Waals surface area (Å²) < 4.78 is 11.3. The van der Waals surface area contributed by atoms with Crippen LogP contribution in [0.4, 0.5) is 5.69 Å². The van der Waals surface area contributed by atoms with Crippen molar-refractivity contribution < 1.29 is 19.1 Å². The van der Waals surface area contributed by atoms with Gasteiger partial charge in [0.05, 0.1) is 31.4 Å². The fraction of sp³-hybridized carbons (Fsp3) is 0.429. The first kappa shape index (κ1) is 25.5. The normalized spacial score (nSPS) is 14.4. The highest BCUT2D eigenvalue weighted by Gasteiger charge is 2.39. The number of hydrogen-bond acceptors (Lipinski definition) is 5. The molecule has 0 fully saturated rings. The lowest BCUT2D eigenvalue weighted by Crippen LogP contribution is -2.35. The number of rotatable bonds is 10. The molecule has 6 nitrogen and oxygen atoms in total. The standard InChI is InChI=1S/C28H36N2O4/c1-7-17-34-23-14-8-20(9-15-23)24-25(27(32)30(26(24)31)16-18-33-19(2)3)29-22-12-10-21(11-13-22)28(4,5)6/h8-15,19,29H,7,16-18H2,1-6H3. The van der Waals surface area contributed by atoms with Gasteiger partial charge in [-0.05, 0) is 61.1 Å².